The lowest BCUT2D eigenvalue weighted by Gasteiger charge is -2.37. The first-order chi connectivity index (χ1) is 9.15. The summed E-state index contributed by atoms with van der Waals surface area (Å²) in [5.41, 5.74) is 5.94. The minimum absolute atomic E-state index is 0.106. The number of thioether (sulfide) groups is 2. The van der Waals surface area contributed by atoms with E-state index in [9.17, 15) is 4.79 Å². The Bertz CT molecular complexity index is 308. The van der Waals surface area contributed by atoms with Crippen molar-refractivity contribution < 1.29 is 14.3 Å². The van der Waals surface area contributed by atoms with Crippen molar-refractivity contribution in [2.75, 3.05) is 30.5 Å². The van der Waals surface area contributed by atoms with E-state index in [0.717, 1.165) is 25.2 Å². The molecule has 0 saturated carbocycles. The van der Waals surface area contributed by atoms with Crippen LogP contribution in [0.1, 0.15) is 26.2 Å². The largest absolute Gasteiger partial charge is 0.465 e. The van der Waals surface area contributed by atoms with Crippen LogP contribution in [0.4, 0.5) is 0 Å². The summed E-state index contributed by atoms with van der Waals surface area (Å²) >= 11 is 3.79. The van der Waals surface area contributed by atoms with Crippen molar-refractivity contribution in [2.24, 2.45) is 5.73 Å². The summed E-state index contributed by atoms with van der Waals surface area (Å²) in [4.78, 5) is 11.5. The first kappa shape index (κ1) is 15.5. The van der Waals surface area contributed by atoms with Gasteiger partial charge in [0, 0.05) is 23.4 Å². The van der Waals surface area contributed by atoms with Gasteiger partial charge in [0.2, 0.25) is 0 Å². The maximum atomic E-state index is 11.5. The highest BCUT2D eigenvalue weighted by molar-refractivity contribution is 8.00. The molecule has 2 fully saturated rings. The third-order valence-corrected chi connectivity index (χ3v) is 6.26. The van der Waals surface area contributed by atoms with Crippen molar-refractivity contribution in [1.82, 2.24) is 0 Å². The molecule has 0 aromatic heterocycles. The molecule has 3 atom stereocenters. The minimum Gasteiger partial charge on any atom is -0.465 e. The van der Waals surface area contributed by atoms with Crippen molar-refractivity contribution in [2.45, 2.75) is 43.1 Å². The van der Waals surface area contributed by atoms with Gasteiger partial charge in [0.25, 0.3) is 0 Å². The molecule has 0 aliphatic carbocycles. The van der Waals surface area contributed by atoms with Gasteiger partial charge in [0.15, 0.2) is 0 Å². The van der Waals surface area contributed by atoms with Gasteiger partial charge in [-0.25, -0.2) is 0 Å². The minimum atomic E-state index is -0.498. The molecule has 0 bridgehead atoms. The molecule has 2 aliphatic heterocycles. The first-order valence-corrected chi connectivity index (χ1v) is 9.11. The van der Waals surface area contributed by atoms with Gasteiger partial charge in [-0.3, -0.25) is 4.79 Å². The molecule has 0 aromatic rings. The molecule has 0 amide bonds. The average Bonchev–Trinajstić information content (AvgIpc) is 2.84. The predicted octanol–water partition coefficient (Wildman–Crippen LogP) is 1.66. The molecule has 2 N–H and O–H groups in total. The maximum absolute atomic E-state index is 11.5. The smallest absolute Gasteiger partial charge is 0.323 e. The normalized spacial score (nSPS) is 32.4. The molecule has 2 heterocycles. The quantitative estimate of drug-likeness (QED) is 0.780. The zero-order chi connectivity index (χ0) is 13.7. The van der Waals surface area contributed by atoms with Crippen LogP contribution in [-0.2, 0) is 14.3 Å². The van der Waals surface area contributed by atoms with Crippen molar-refractivity contribution in [1.29, 1.82) is 0 Å². The summed E-state index contributed by atoms with van der Waals surface area (Å²) in [7, 11) is 0. The number of esters is 1. The molecule has 110 valence electrons. The molecule has 3 unspecified atom stereocenters. The monoisotopic (exact) mass is 305 g/mol. The van der Waals surface area contributed by atoms with Gasteiger partial charge in [-0.05, 0) is 31.9 Å². The molecule has 1 spiro atoms. The fourth-order valence-electron chi connectivity index (χ4n) is 2.55. The van der Waals surface area contributed by atoms with Crippen molar-refractivity contribution in [3.63, 3.8) is 0 Å². The number of hydrogen-bond acceptors (Lipinski definition) is 6. The van der Waals surface area contributed by atoms with Gasteiger partial charge in [-0.15, -0.1) is 0 Å². The number of rotatable bonds is 5. The van der Waals surface area contributed by atoms with Crippen LogP contribution in [0.15, 0.2) is 0 Å². The van der Waals surface area contributed by atoms with Crippen LogP contribution in [0.2, 0.25) is 0 Å². The Morgan fingerprint density at radius 1 is 1.68 bits per heavy atom. The van der Waals surface area contributed by atoms with Gasteiger partial charge in [-0.1, -0.05) is 0 Å². The summed E-state index contributed by atoms with van der Waals surface area (Å²) < 4.78 is 10.9. The zero-order valence-corrected chi connectivity index (χ0v) is 13.1. The standard InChI is InChI=1S/C13H23NO3S2/c1-2-16-12(15)11(14)8-19-10-3-5-17-13(7-10)4-6-18-9-13/h10-11H,2-9,14H2,1H3. The SMILES string of the molecule is CCOC(=O)C(N)CSC1CCOC2(CCSC2)C1. The van der Waals surface area contributed by atoms with Gasteiger partial charge in [0.1, 0.15) is 6.04 Å². The number of carbonyl (C=O) groups is 1. The van der Waals surface area contributed by atoms with Crippen molar-refractivity contribution >= 4 is 29.5 Å². The average molecular weight is 305 g/mol. The topological polar surface area (TPSA) is 61.5 Å². The number of carbonyl (C=O) groups excluding carboxylic acids is 1. The molecular weight excluding hydrogens is 282 g/mol. The maximum Gasteiger partial charge on any atom is 0.323 e. The second-order valence-electron chi connectivity index (χ2n) is 5.14. The van der Waals surface area contributed by atoms with Crippen molar-refractivity contribution in [3.8, 4) is 0 Å². The zero-order valence-electron chi connectivity index (χ0n) is 11.4. The first-order valence-electron chi connectivity index (χ1n) is 6.91. The Morgan fingerprint density at radius 2 is 2.53 bits per heavy atom. The van der Waals surface area contributed by atoms with Gasteiger partial charge in [-0.2, -0.15) is 23.5 Å². The molecule has 0 aromatic carbocycles. The Balaban J connectivity index is 1.75. The lowest BCUT2D eigenvalue weighted by Crippen LogP contribution is -2.42. The summed E-state index contributed by atoms with van der Waals surface area (Å²) in [5, 5.41) is 0.563. The van der Waals surface area contributed by atoms with E-state index in [2.05, 4.69) is 0 Å². The second kappa shape index (κ2) is 7.20. The lowest BCUT2D eigenvalue weighted by atomic mass is 9.93. The molecule has 2 aliphatic rings. The van der Waals surface area contributed by atoms with E-state index in [0.29, 0.717) is 17.6 Å². The second-order valence-corrected chi connectivity index (χ2v) is 7.58. The molecule has 19 heavy (non-hydrogen) atoms. The number of ether oxygens (including phenoxy) is 2. The lowest BCUT2D eigenvalue weighted by molar-refractivity contribution is -0.144. The number of nitrogens with two attached hydrogens (primary N) is 1. The Kier molecular flexibility index (Phi) is 5.87. The molecule has 0 radical (unpaired) electrons. The van der Waals surface area contributed by atoms with E-state index < -0.39 is 6.04 Å². The van der Waals surface area contributed by atoms with Crippen LogP contribution in [0.25, 0.3) is 0 Å². The molecule has 6 heteroatoms. The van der Waals surface area contributed by atoms with Crippen LogP contribution in [0.5, 0.6) is 0 Å². The Morgan fingerprint density at radius 3 is 3.21 bits per heavy atom. The van der Waals surface area contributed by atoms with E-state index >= 15 is 0 Å². The van der Waals surface area contributed by atoms with Crippen LogP contribution in [0, 0.1) is 0 Å². The molecular formula is C13H23NO3S2. The number of hydrogen-bond donors (Lipinski definition) is 1. The van der Waals surface area contributed by atoms with Crippen LogP contribution in [0.3, 0.4) is 0 Å². The highest BCUT2D eigenvalue weighted by Gasteiger charge is 2.40. The van der Waals surface area contributed by atoms with Crippen LogP contribution >= 0.6 is 23.5 Å². The van der Waals surface area contributed by atoms with E-state index in [1.165, 1.54) is 12.2 Å². The summed E-state index contributed by atoms with van der Waals surface area (Å²) in [6.07, 6.45) is 3.32. The molecule has 2 saturated heterocycles. The van der Waals surface area contributed by atoms with E-state index in [-0.39, 0.29) is 11.6 Å². The third kappa shape index (κ3) is 4.28. The fraction of sp³-hybridized carbons (Fsp3) is 0.923. The summed E-state index contributed by atoms with van der Waals surface area (Å²) in [6, 6.07) is -0.498. The van der Waals surface area contributed by atoms with Gasteiger partial charge >= 0.3 is 5.97 Å². The molecule has 4 nitrogen and oxygen atoms in total. The Hall–Kier alpha value is 0.0900. The summed E-state index contributed by atoms with van der Waals surface area (Å²) in [5.74, 6) is 2.69. The van der Waals surface area contributed by atoms with Crippen molar-refractivity contribution in [3.05, 3.63) is 0 Å². The van der Waals surface area contributed by atoms with Crippen LogP contribution in [-0.4, -0.2) is 53.3 Å². The van der Waals surface area contributed by atoms with E-state index in [1.54, 1.807) is 18.7 Å². The van der Waals surface area contributed by atoms with Gasteiger partial charge in [0.05, 0.1) is 12.2 Å². The molecule has 2 rings (SSSR count). The summed E-state index contributed by atoms with van der Waals surface area (Å²) in [6.45, 7) is 3.04. The Labute approximate surface area is 123 Å². The third-order valence-electron chi connectivity index (χ3n) is 3.62. The predicted molar refractivity (Wildman–Crippen MR) is 80.7 cm³/mol. The van der Waals surface area contributed by atoms with Gasteiger partial charge < -0.3 is 15.2 Å². The van der Waals surface area contributed by atoms with E-state index in [1.807, 2.05) is 11.8 Å². The highest BCUT2D eigenvalue weighted by Crippen LogP contribution is 2.41. The van der Waals surface area contributed by atoms with E-state index in [4.69, 9.17) is 15.2 Å². The van der Waals surface area contributed by atoms with Crippen LogP contribution < -0.4 is 5.73 Å². The highest BCUT2D eigenvalue weighted by atomic mass is 32.2. The fourth-order valence-corrected chi connectivity index (χ4v) is 5.22.